The van der Waals surface area contributed by atoms with Crippen molar-refractivity contribution in [3.63, 3.8) is 0 Å². The van der Waals surface area contributed by atoms with Crippen molar-refractivity contribution in [2.75, 3.05) is 0 Å². The van der Waals surface area contributed by atoms with Crippen molar-refractivity contribution in [2.45, 2.75) is 64.1 Å². The van der Waals surface area contributed by atoms with E-state index in [0.717, 1.165) is 5.56 Å². The minimum Gasteiger partial charge on any atom is -0.295 e. The molecule has 1 atom stereocenters. The predicted molar refractivity (Wildman–Crippen MR) is 71.0 cm³/mol. The van der Waals surface area contributed by atoms with Crippen molar-refractivity contribution in [3.8, 4) is 6.07 Å². The molecule has 2 rings (SSSR count). The van der Waals surface area contributed by atoms with E-state index in [-0.39, 0.29) is 6.04 Å². The molecule has 1 aliphatic carbocycles. The zero-order valence-corrected chi connectivity index (χ0v) is 11.3. The molecule has 1 fully saturated rings. The molecule has 1 unspecified atom stereocenters. The van der Waals surface area contributed by atoms with E-state index in [1.54, 1.807) is 0 Å². The molecule has 98 valence electrons. The normalized spacial score (nSPS) is 18.8. The number of hydrogen-bond acceptors (Lipinski definition) is 3. The molecule has 0 bridgehead atoms. The summed E-state index contributed by atoms with van der Waals surface area (Å²) in [6.07, 6.45) is 10.1. The van der Waals surface area contributed by atoms with Crippen molar-refractivity contribution in [1.29, 1.82) is 5.26 Å². The smallest absolute Gasteiger partial charge is 0.124 e. The Morgan fingerprint density at radius 1 is 1.39 bits per heavy atom. The largest absolute Gasteiger partial charge is 0.295 e. The molecule has 4 heteroatoms. The van der Waals surface area contributed by atoms with Crippen LogP contribution in [0.4, 0.5) is 0 Å². The zero-order valence-electron chi connectivity index (χ0n) is 11.3. The van der Waals surface area contributed by atoms with Crippen LogP contribution in [-0.4, -0.2) is 15.8 Å². The molecule has 1 heterocycles. The molecule has 0 saturated heterocycles. The third-order valence-corrected chi connectivity index (χ3v) is 3.62. The molecule has 18 heavy (non-hydrogen) atoms. The summed E-state index contributed by atoms with van der Waals surface area (Å²) < 4.78 is 1.90. The quantitative estimate of drug-likeness (QED) is 0.888. The second kappa shape index (κ2) is 6.01. The van der Waals surface area contributed by atoms with E-state index >= 15 is 0 Å². The maximum Gasteiger partial charge on any atom is 0.124 e. The topological polar surface area (TPSA) is 53.6 Å². The Labute approximate surface area is 109 Å². The van der Waals surface area contributed by atoms with Gasteiger partial charge in [0.15, 0.2) is 0 Å². The van der Waals surface area contributed by atoms with Crippen molar-refractivity contribution < 1.29 is 0 Å². The molecule has 1 N–H and O–H groups in total. The molecule has 0 aromatic carbocycles. The zero-order chi connectivity index (χ0) is 13.0. The van der Waals surface area contributed by atoms with Crippen molar-refractivity contribution in [2.24, 2.45) is 0 Å². The highest BCUT2D eigenvalue weighted by Gasteiger charge is 2.20. The lowest BCUT2D eigenvalue weighted by Crippen LogP contribution is -2.33. The Bertz CT molecular complexity index is 410. The van der Waals surface area contributed by atoms with Gasteiger partial charge in [0.05, 0.1) is 12.3 Å². The van der Waals surface area contributed by atoms with E-state index < -0.39 is 0 Å². The maximum atomic E-state index is 9.31. The number of nitrogens with one attached hydrogen (secondary N) is 1. The molecule has 1 aliphatic rings. The Balaban J connectivity index is 2.01. The monoisotopic (exact) mass is 246 g/mol. The van der Waals surface area contributed by atoms with Crippen LogP contribution in [0, 0.1) is 11.3 Å². The second-order valence-electron chi connectivity index (χ2n) is 5.41. The van der Waals surface area contributed by atoms with Gasteiger partial charge in [0.1, 0.15) is 6.04 Å². The Morgan fingerprint density at radius 2 is 2.11 bits per heavy atom. The predicted octanol–water partition coefficient (Wildman–Crippen LogP) is 2.95. The summed E-state index contributed by atoms with van der Waals surface area (Å²) in [6.45, 7) is 4.18. The van der Waals surface area contributed by atoms with Crippen LogP contribution in [0.5, 0.6) is 0 Å². The highest BCUT2D eigenvalue weighted by molar-refractivity contribution is 5.18. The Morgan fingerprint density at radius 3 is 2.67 bits per heavy atom. The number of hydrogen-bond donors (Lipinski definition) is 1. The van der Waals surface area contributed by atoms with Crippen LogP contribution in [-0.2, 0) is 0 Å². The summed E-state index contributed by atoms with van der Waals surface area (Å²) in [5, 5.41) is 17.1. The van der Waals surface area contributed by atoms with E-state index in [1.807, 2.05) is 17.1 Å². The number of aromatic nitrogens is 2. The Hall–Kier alpha value is -1.34. The highest BCUT2D eigenvalue weighted by Crippen LogP contribution is 2.21. The molecule has 0 spiro atoms. The van der Waals surface area contributed by atoms with Gasteiger partial charge < -0.3 is 0 Å². The third kappa shape index (κ3) is 3.11. The van der Waals surface area contributed by atoms with Crippen LogP contribution in [0.3, 0.4) is 0 Å². The molecule has 4 nitrogen and oxygen atoms in total. The van der Waals surface area contributed by atoms with E-state index in [9.17, 15) is 5.26 Å². The van der Waals surface area contributed by atoms with Gasteiger partial charge in [-0.15, -0.1) is 0 Å². The minimum absolute atomic E-state index is 0.222. The lowest BCUT2D eigenvalue weighted by atomic mass is 9.94. The average Bonchev–Trinajstić information content (AvgIpc) is 2.87. The number of nitriles is 1. The summed E-state index contributed by atoms with van der Waals surface area (Å²) in [4.78, 5) is 0. The fraction of sp³-hybridized carbons (Fsp3) is 0.714. The van der Waals surface area contributed by atoms with Gasteiger partial charge in [-0.1, -0.05) is 19.3 Å². The van der Waals surface area contributed by atoms with Crippen LogP contribution in [0.2, 0.25) is 0 Å². The van der Waals surface area contributed by atoms with Gasteiger partial charge in [-0.2, -0.15) is 10.4 Å². The molecule has 1 aromatic rings. The van der Waals surface area contributed by atoms with Crippen LogP contribution >= 0.6 is 0 Å². The standard InChI is InChI=1S/C14H22N4/c1-11(2)18-10-12(9-16-18)14(8-15)17-13-6-4-3-5-7-13/h9-11,13-14,17H,3-7H2,1-2H3. The molecular formula is C14H22N4. The fourth-order valence-electron chi connectivity index (χ4n) is 2.50. The fourth-order valence-corrected chi connectivity index (χ4v) is 2.50. The maximum absolute atomic E-state index is 9.31. The lowest BCUT2D eigenvalue weighted by Gasteiger charge is -2.24. The first-order valence-electron chi connectivity index (χ1n) is 6.90. The average molecular weight is 246 g/mol. The first-order valence-corrected chi connectivity index (χ1v) is 6.90. The van der Waals surface area contributed by atoms with Gasteiger partial charge in [0, 0.05) is 23.8 Å². The summed E-state index contributed by atoms with van der Waals surface area (Å²) in [5.74, 6) is 0. The van der Waals surface area contributed by atoms with E-state index in [0.29, 0.717) is 12.1 Å². The van der Waals surface area contributed by atoms with Crippen LogP contribution in [0.1, 0.15) is 63.6 Å². The molecule has 1 saturated carbocycles. The summed E-state index contributed by atoms with van der Waals surface area (Å²) >= 11 is 0. The van der Waals surface area contributed by atoms with Crippen LogP contribution in [0.25, 0.3) is 0 Å². The third-order valence-electron chi connectivity index (χ3n) is 3.62. The molecule has 0 radical (unpaired) electrons. The van der Waals surface area contributed by atoms with Gasteiger partial charge in [0.2, 0.25) is 0 Å². The van der Waals surface area contributed by atoms with Gasteiger partial charge in [-0.25, -0.2) is 0 Å². The van der Waals surface area contributed by atoms with Crippen molar-refractivity contribution in [1.82, 2.24) is 15.1 Å². The van der Waals surface area contributed by atoms with Gasteiger partial charge in [-0.3, -0.25) is 10.00 Å². The molecule has 0 aliphatic heterocycles. The first-order chi connectivity index (χ1) is 8.70. The van der Waals surface area contributed by atoms with E-state index in [4.69, 9.17) is 0 Å². The summed E-state index contributed by atoms with van der Waals surface area (Å²) in [5.41, 5.74) is 0.983. The van der Waals surface area contributed by atoms with E-state index in [1.165, 1.54) is 32.1 Å². The van der Waals surface area contributed by atoms with Gasteiger partial charge in [0.25, 0.3) is 0 Å². The number of nitrogens with zero attached hydrogens (tertiary/aromatic N) is 3. The summed E-state index contributed by atoms with van der Waals surface area (Å²) in [6, 6.07) is 2.96. The van der Waals surface area contributed by atoms with Gasteiger partial charge in [-0.05, 0) is 26.7 Å². The SMILES string of the molecule is CC(C)n1cc(C(C#N)NC2CCCCC2)cn1. The van der Waals surface area contributed by atoms with E-state index in [2.05, 4.69) is 30.3 Å². The minimum atomic E-state index is -0.222. The van der Waals surface area contributed by atoms with Crippen molar-refractivity contribution in [3.05, 3.63) is 18.0 Å². The summed E-state index contributed by atoms with van der Waals surface area (Å²) in [7, 11) is 0. The lowest BCUT2D eigenvalue weighted by molar-refractivity contribution is 0.359. The Kier molecular flexibility index (Phi) is 4.38. The molecular weight excluding hydrogens is 224 g/mol. The van der Waals surface area contributed by atoms with Crippen LogP contribution in [0.15, 0.2) is 12.4 Å². The van der Waals surface area contributed by atoms with Gasteiger partial charge >= 0.3 is 0 Å². The number of rotatable bonds is 4. The first kappa shape index (κ1) is 13.1. The van der Waals surface area contributed by atoms with Crippen LogP contribution < -0.4 is 5.32 Å². The molecule has 0 amide bonds. The highest BCUT2D eigenvalue weighted by atomic mass is 15.3. The second-order valence-corrected chi connectivity index (χ2v) is 5.41. The van der Waals surface area contributed by atoms with Crippen molar-refractivity contribution >= 4 is 0 Å². The molecule has 1 aromatic heterocycles.